The van der Waals surface area contributed by atoms with E-state index in [9.17, 15) is 13.2 Å². The summed E-state index contributed by atoms with van der Waals surface area (Å²) in [5, 5.41) is 2.80. The van der Waals surface area contributed by atoms with Crippen LogP contribution in [0.2, 0.25) is 0 Å². The first-order valence-corrected chi connectivity index (χ1v) is 10.1. The minimum absolute atomic E-state index is 0.181. The van der Waals surface area contributed by atoms with Crippen LogP contribution in [0, 0.1) is 0 Å². The van der Waals surface area contributed by atoms with Crippen molar-refractivity contribution in [2.24, 2.45) is 0 Å². The summed E-state index contributed by atoms with van der Waals surface area (Å²) < 4.78 is 33.7. The molecule has 0 radical (unpaired) electrons. The van der Waals surface area contributed by atoms with Gasteiger partial charge in [0.25, 0.3) is 5.91 Å². The molecule has 0 saturated heterocycles. The van der Waals surface area contributed by atoms with E-state index in [0.29, 0.717) is 37.7 Å². The molecule has 0 spiro atoms. The Labute approximate surface area is 154 Å². The van der Waals surface area contributed by atoms with Crippen LogP contribution in [0.3, 0.4) is 0 Å². The lowest BCUT2D eigenvalue weighted by molar-refractivity contribution is 0.0453. The molecule has 7 heteroatoms. The predicted octanol–water partition coefficient (Wildman–Crippen LogP) is 2.90. The van der Waals surface area contributed by atoms with E-state index < -0.39 is 9.84 Å². The van der Waals surface area contributed by atoms with Crippen molar-refractivity contribution in [1.82, 2.24) is 0 Å². The fourth-order valence-electron chi connectivity index (χ4n) is 2.25. The highest BCUT2D eigenvalue weighted by molar-refractivity contribution is 7.90. The van der Waals surface area contributed by atoms with Gasteiger partial charge in [-0.15, -0.1) is 0 Å². The van der Waals surface area contributed by atoms with Crippen LogP contribution in [-0.4, -0.2) is 40.4 Å². The first-order chi connectivity index (χ1) is 12.4. The van der Waals surface area contributed by atoms with Crippen molar-refractivity contribution in [3.63, 3.8) is 0 Å². The van der Waals surface area contributed by atoms with Crippen molar-refractivity contribution in [1.29, 1.82) is 0 Å². The van der Waals surface area contributed by atoms with E-state index in [-0.39, 0.29) is 10.8 Å². The largest absolute Gasteiger partial charge is 0.379 e. The van der Waals surface area contributed by atoms with Crippen LogP contribution in [0.4, 0.5) is 5.69 Å². The van der Waals surface area contributed by atoms with Gasteiger partial charge in [-0.3, -0.25) is 4.79 Å². The van der Waals surface area contributed by atoms with Gasteiger partial charge in [-0.05, 0) is 48.9 Å². The van der Waals surface area contributed by atoms with Crippen LogP contribution in [-0.2, 0) is 25.9 Å². The maximum absolute atomic E-state index is 12.3. The first kappa shape index (κ1) is 20.1. The van der Waals surface area contributed by atoms with E-state index in [1.165, 1.54) is 24.3 Å². The van der Waals surface area contributed by atoms with Gasteiger partial charge in [0.1, 0.15) is 0 Å². The van der Waals surface area contributed by atoms with Crippen LogP contribution in [0.5, 0.6) is 0 Å². The molecule has 140 valence electrons. The van der Waals surface area contributed by atoms with Crippen molar-refractivity contribution in [2.45, 2.75) is 18.4 Å². The molecule has 26 heavy (non-hydrogen) atoms. The number of amides is 1. The molecule has 0 bridgehead atoms. The molecular weight excluding hydrogens is 354 g/mol. The Morgan fingerprint density at radius 1 is 1.04 bits per heavy atom. The lowest BCUT2D eigenvalue weighted by atomic mass is 10.2. The van der Waals surface area contributed by atoms with Gasteiger partial charge in [0.2, 0.25) is 0 Å². The van der Waals surface area contributed by atoms with Gasteiger partial charge in [0.05, 0.1) is 24.7 Å². The third-order valence-corrected chi connectivity index (χ3v) is 4.70. The SMILES string of the molecule is CCOCCOCc1cccc(NC(=O)c2ccc(S(C)(=O)=O)cc2)c1. The van der Waals surface area contributed by atoms with Gasteiger partial charge in [-0.25, -0.2) is 8.42 Å². The Morgan fingerprint density at radius 2 is 1.73 bits per heavy atom. The monoisotopic (exact) mass is 377 g/mol. The molecular formula is C19H23NO5S. The molecule has 0 atom stereocenters. The molecule has 1 N–H and O–H groups in total. The lowest BCUT2D eigenvalue weighted by Gasteiger charge is -2.09. The number of nitrogens with one attached hydrogen (secondary N) is 1. The van der Waals surface area contributed by atoms with Crippen LogP contribution in [0.25, 0.3) is 0 Å². The molecule has 0 aliphatic heterocycles. The summed E-state index contributed by atoms with van der Waals surface area (Å²) in [5.74, 6) is -0.306. The third kappa shape index (κ3) is 6.25. The van der Waals surface area contributed by atoms with E-state index in [1.807, 2.05) is 25.1 Å². The fourth-order valence-corrected chi connectivity index (χ4v) is 2.88. The van der Waals surface area contributed by atoms with Crippen molar-refractivity contribution in [2.75, 3.05) is 31.4 Å². The quantitative estimate of drug-likeness (QED) is 0.680. The van der Waals surface area contributed by atoms with E-state index in [4.69, 9.17) is 9.47 Å². The number of hydrogen-bond donors (Lipinski definition) is 1. The summed E-state index contributed by atoms with van der Waals surface area (Å²) >= 11 is 0. The van der Waals surface area contributed by atoms with E-state index in [0.717, 1.165) is 11.8 Å². The maximum Gasteiger partial charge on any atom is 0.255 e. The normalized spacial score (nSPS) is 11.3. The number of rotatable bonds is 9. The van der Waals surface area contributed by atoms with Gasteiger partial charge in [-0.1, -0.05) is 12.1 Å². The molecule has 0 aliphatic rings. The van der Waals surface area contributed by atoms with Gasteiger partial charge in [0, 0.05) is 24.1 Å². The Hall–Kier alpha value is -2.22. The van der Waals surface area contributed by atoms with Gasteiger partial charge in [-0.2, -0.15) is 0 Å². The lowest BCUT2D eigenvalue weighted by Crippen LogP contribution is -2.12. The molecule has 0 fully saturated rings. The molecule has 0 saturated carbocycles. The summed E-state index contributed by atoms with van der Waals surface area (Å²) in [6.07, 6.45) is 1.13. The Morgan fingerprint density at radius 3 is 2.38 bits per heavy atom. The van der Waals surface area contributed by atoms with Crippen molar-refractivity contribution >= 4 is 21.4 Å². The minimum atomic E-state index is -3.28. The topological polar surface area (TPSA) is 81.7 Å². The molecule has 2 rings (SSSR count). The summed E-state index contributed by atoms with van der Waals surface area (Å²) in [6.45, 7) is 4.09. The average Bonchev–Trinajstić information content (AvgIpc) is 2.61. The molecule has 0 aliphatic carbocycles. The summed E-state index contributed by atoms with van der Waals surface area (Å²) in [5.41, 5.74) is 1.97. The first-order valence-electron chi connectivity index (χ1n) is 8.26. The van der Waals surface area contributed by atoms with Crippen LogP contribution in [0.15, 0.2) is 53.4 Å². The van der Waals surface area contributed by atoms with Gasteiger partial charge >= 0.3 is 0 Å². The molecule has 2 aromatic carbocycles. The van der Waals surface area contributed by atoms with Crippen LogP contribution < -0.4 is 5.32 Å². The number of sulfone groups is 1. The van der Waals surface area contributed by atoms with E-state index in [2.05, 4.69) is 5.32 Å². The second-order valence-corrected chi connectivity index (χ2v) is 7.72. The second kappa shape index (κ2) is 9.47. The summed E-state index contributed by atoms with van der Waals surface area (Å²) in [6, 6.07) is 13.2. The number of anilines is 1. The molecule has 6 nitrogen and oxygen atoms in total. The van der Waals surface area contributed by atoms with E-state index >= 15 is 0 Å². The zero-order chi connectivity index (χ0) is 19.0. The third-order valence-electron chi connectivity index (χ3n) is 3.57. The Bertz CT molecular complexity index is 831. The second-order valence-electron chi connectivity index (χ2n) is 5.70. The van der Waals surface area contributed by atoms with Crippen molar-refractivity contribution in [3.05, 3.63) is 59.7 Å². The Balaban J connectivity index is 1.95. The molecule has 0 aromatic heterocycles. The summed E-state index contributed by atoms with van der Waals surface area (Å²) in [7, 11) is -3.28. The molecule has 2 aromatic rings. The average molecular weight is 377 g/mol. The predicted molar refractivity (Wildman–Crippen MR) is 100 cm³/mol. The number of ether oxygens (including phenoxy) is 2. The van der Waals surface area contributed by atoms with Crippen molar-refractivity contribution in [3.8, 4) is 0 Å². The number of hydrogen-bond acceptors (Lipinski definition) is 5. The fraction of sp³-hybridized carbons (Fsp3) is 0.316. The smallest absolute Gasteiger partial charge is 0.255 e. The number of carbonyl (C=O) groups excluding carboxylic acids is 1. The zero-order valence-corrected chi connectivity index (χ0v) is 15.7. The molecule has 1 amide bonds. The summed E-state index contributed by atoms with van der Waals surface area (Å²) in [4.78, 5) is 12.5. The zero-order valence-electron chi connectivity index (χ0n) is 14.9. The standard InChI is InChI=1S/C19H23NO5S/c1-3-24-11-12-25-14-15-5-4-6-17(13-15)20-19(21)16-7-9-18(10-8-16)26(2,22)23/h4-10,13H,3,11-12,14H2,1-2H3,(H,20,21). The highest BCUT2D eigenvalue weighted by Crippen LogP contribution is 2.15. The Kier molecular flexibility index (Phi) is 7.32. The number of carbonyl (C=O) groups is 1. The van der Waals surface area contributed by atoms with Gasteiger partial charge < -0.3 is 14.8 Å². The minimum Gasteiger partial charge on any atom is -0.379 e. The number of benzene rings is 2. The maximum atomic E-state index is 12.3. The van der Waals surface area contributed by atoms with Crippen LogP contribution in [0.1, 0.15) is 22.8 Å². The van der Waals surface area contributed by atoms with Gasteiger partial charge in [0.15, 0.2) is 9.84 Å². The molecule has 0 heterocycles. The highest BCUT2D eigenvalue weighted by Gasteiger charge is 2.10. The van der Waals surface area contributed by atoms with E-state index in [1.54, 1.807) is 6.07 Å². The van der Waals surface area contributed by atoms with Crippen molar-refractivity contribution < 1.29 is 22.7 Å². The molecule has 0 unspecified atom stereocenters. The highest BCUT2D eigenvalue weighted by atomic mass is 32.2. The van der Waals surface area contributed by atoms with Crippen LogP contribution >= 0.6 is 0 Å².